The number of rotatable bonds is 6. The summed E-state index contributed by atoms with van der Waals surface area (Å²) >= 11 is 0. The number of ether oxygens (including phenoxy) is 1. The lowest BCUT2D eigenvalue weighted by atomic mass is 10.3. The molecule has 1 rings (SSSR count). The highest BCUT2D eigenvalue weighted by Crippen LogP contribution is 2.15. The summed E-state index contributed by atoms with van der Waals surface area (Å²) in [5.41, 5.74) is 0. The average Bonchev–Trinajstić information content (AvgIpc) is 2.25. The van der Waals surface area contributed by atoms with E-state index in [1.807, 2.05) is 13.8 Å². The molecule has 1 atom stereocenters. The van der Waals surface area contributed by atoms with Crippen LogP contribution in [0.3, 0.4) is 0 Å². The molecule has 0 unspecified atom stereocenters. The lowest BCUT2D eigenvalue weighted by Gasteiger charge is -2.14. The number of nitrogens with one attached hydrogen (secondary N) is 1. The van der Waals surface area contributed by atoms with Crippen molar-refractivity contribution in [2.75, 3.05) is 13.2 Å². The molecule has 0 aliphatic rings. The zero-order chi connectivity index (χ0) is 12.0. The van der Waals surface area contributed by atoms with E-state index in [1.165, 1.54) is 0 Å². The van der Waals surface area contributed by atoms with Crippen LogP contribution in [-0.4, -0.2) is 35.5 Å². The summed E-state index contributed by atoms with van der Waals surface area (Å²) < 4.78 is 5.35. The van der Waals surface area contributed by atoms with Gasteiger partial charge in [-0.2, -0.15) is 0 Å². The first-order valence-electron chi connectivity index (χ1n) is 5.41. The largest absolute Gasteiger partial charge is 0.508 e. The van der Waals surface area contributed by atoms with Gasteiger partial charge in [0.1, 0.15) is 24.2 Å². The Bertz CT molecular complexity index is 303. The molecule has 98 valence electrons. The summed E-state index contributed by atoms with van der Waals surface area (Å²) in [6.07, 6.45) is -0.531. The van der Waals surface area contributed by atoms with Gasteiger partial charge in [0, 0.05) is 12.6 Å². The number of hydrogen-bond acceptors (Lipinski definition) is 4. The van der Waals surface area contributed by atoms with Gasteiger partial charge in [-0.1, -0.05) is 13.8 Å². The maximum absolute atomic E-state index is 9.58. The third-order valence-electron chi connectivity index (χ3n) is 2.04. The molecule has 0 aliphatic heterocycles. The van der Waals surface area contributed by atoms with Crippen LogP contribution in [-0.2, 0) is 0 Å². The van der Waals surface area contributed by atoms with Crippen LogP contribution < -0.4 is 10.1 Å². The minimum atomic E-state index is -0.531. The molecular weight excluding hydrogens is 242 g/mol. The molecule has 0 bridgehead atoms. The second-order valence-corrected chi connectivity index (χ2v) is 4.02. The summed E-state index contributed by atoms with van der Waals surface area (Å²) in [4.78, 5) is 0. The molecule has 0 amide bonds. The van der Waals surface area contributed by atoms with Gasteiger partial charge < -0.3 is 20.3 Å². The minimum Gasteiger partial charge on any atom is -0.508 e. The standard InChI is InChI=1S/C12H19NO3.ClH/c1-9(2)13-7-11(15)8-16-12-5-3-10(14)4-6-12;/h3-6,9,11,13-15H,7-8H2,1-2H3;1H/t11-;/m0./s1. The number of halogens is 1. The van der Waals surface area contributed by atoms with Crippen LogP contribution in [0.2, 0.25) is 0 Å². The van der Waals surface area contributed by atoms with Crippen LogP contribution >= 0.6 is 12.4 Å². The van der Waals surface area contributed by atoms with E-state index in [0.29, 0.717) is 18.3 Å². The maximum atomic E-state index is 9.58. The fraction of sp³-hybridized carbons (Fsp3) is 0.500. The van der Waals surface area contributed by atoms with Gasteiger partial charge in [-0.3, -0.25) is 0 Å². The fourth-order valence-electron chi connectivity index (χ4n) is 1.17. The second-order valence-electron chi connectivity index (χ2n) is 4.02. The predicted octanol–water partition coefficient (Wildman–Crippen LogP) is 1.55. The van der Waals surface area contributed by atoms with Crippen molar-refractivity contribution in [3.63, 3.8) is 0 Å². The minimum absolute atomic E-state index is 0. The molecule has 17 heavy (non-hydrogen) atoms. The zero-order valence-electron chi connectivity index (χ0n) is 10.1. The summed E-state index contributed by atoms with van der Waals surface area (Å²) in [6, 6.07) is 6.78. The monoisotopic (exact) mass is 261 g/mol. The van der Waals surface area contributed by atoms with Crippen molar-refractivity contribution in [2.45, 2.75) is 26.0 Å². The highest BCUT2D eigenvalue weighted by atomic mass is 35.5. The Morgan fingerprint density at radius 2 is 1.82 bits per heavy atom. The Kier molecular flexibility index (Phi) is 7.70. The van der Waals surface area contributed by atoms with Gasteiger partial charge in [0.05, 0.1) is 0 Å². The van der Waals surface area contributed by atoms with Crippen molar-refractivity contribution in [3.8, 4) is 11.5 Å². The van der Waals surface area contributed by atoms with Gasteiger partial charge in [0.25, 0.3) is 0 Å². The van der Waals surface area contributed by atoms with Crippen LogP contribution in [0.15, 0.2) is 24.3 Å². The number of phenolic OH excluding ortho intramolecular Hbond substituents is 1. The van der Waals surface area contributed by atoms with E-state index in [0.717, 1.165) is 0 Å². The van der Waals surface area contributed by atoms with Crippen LogP contribution in [0, 0.1) is 0 Å². The third kappa shape index (κ3) is 7.05. The number of benzene rings is 1. The van der Waals surface area contributed by atoms with E-state index < -0.39 is 6.10 Å². The first kappa shape index (κ1) is 16.0. The SMILES string of the molecule is CC(C)NC[C@H](O)COc1ccc(O)cc1.Cl. The Labute approximate surface area is 108 Å². The maximum Gasteiger partial charge on any atom is 0.119 e. The van der Waals surface area contributed by atoms with Gasteiger partial charge in [-0.05, 0) is 24.3 Å². The Hall–Kier alpha value is -0.970. The quantitative estimate of drug-likeness (QED) is 0.727. The molecule has 0 spiro atoms. The molecule has 0 saturated carbocycles. The number of aliphatic hydroxyl groups is 1. The van der Waals surface area contributed by atoms with Gasteiger partial charge in [0.2, 0.25) is 0 Å². The van der Waals surface area contributed by atoms with Crippen LogP contribution in [0.5, 0.6) is 11.5 Å². The average molecular weight is 262 g/mol. The van der Waals surface area contributed by atoms with E-state index in [4.69, 9.17) is 9.84 Å². The molecule has 0 aliphatic carbocycles. The molecule has 3 N–H and O–H groups in total. The van der Waals surface area contributed by atoms with E-state index >= 15 is 0 Å². The van der Waals surface area contributed by atoms with Crippen molar-refractivity contribution < 1.29 is 14.9 Å². The van der Waals surface area contributed by atoms with Crippen molar-refractivity contribution in [3.05, 3.63) is 24.3 Å². The fourth-order valence-corrected chi connectivity index (χ4v) is 1.17. The molecule has 0 saturated heterocycles. The zero-order valence-corrected chi connectivity index (χ0v) is 10.9. The molecule has 5 heteroatoms. The molecule has 0 aromatic heterocycles. The highest BCUT2D eigenvalue weighted by Gasteiger charge is 2.05. The van der Waals surface area contributed by atoms with Crippen molar-refractivity contribution in [1.29, 1.82) is 0 Å². The molecule has 0 fully saturated rings. The van der Waals surface area contributed by atoms with E-state index in [9.17, 15) is 5.11 Å². The lowest BCUT2D eigenvalue weighted by Crippen LogP contribution is -2.35. The Morgan fingerprint density at radius 1 is 1.24 bits per heavy atom. The molecular formula is C12H20ClNO3. The molecule has 0 heterocycles. The van der Waals surface area contributed by atoms with E-state index in [1.54, 1.807) is 24.3 Å². The first-order chi connectivity index (χ1) is 7.58. The van der Waals surface area contributed by atoms with Crippen molar-refractivity contribution >= 4 is 12.4 Å². The number of phenols is 1. The second kappa shape index (κ2) is 8.17. The van der Waals surface area contributed by atoms with Gasteiger partial charge in [-0.25, -0.2) is 0 Å². The Balaban J connectivity index is 0.00000256. The lowest BCUT2D eigenvalue weighted by molar-refractivity contribution is 0.104. The van der Waals surface area contributed by atoms with Gasteiger partial charge in [-0.15, -0.1) is 12.4 Å². The third-order valence-corrected chi connectivity index (χ3v) is 2.04. The molecule has 1 aromatic rings. The normalized spacial score (nSPS) is 12.0. The van der Waals surface area contributed by atoms with Gasteiger partial charge >= 0.3 is 0 Å². The molecule has 0 radical (unpaired) electrons. The van der Waals surface area contributed by atoms with E-state index in [-0.39, 0.29) is 24.8 Å². The number of aliphatic hydroxyl groups excluding tert-OH is 1. The van der Waals surface area contributed by atoms with Crippen molar-refractivity contribution in [1.82, 2.24) is 5.32 Å². The summed E-state index contributed by atoms with van der Waals surface area (Å²) in [7, 11) is 0. The topological polar surface area (TPSA) is 61.7 Å². The van der Waals surface area contributed by atoms with Crippen LogP contribution in [0.25, 0.3) is 0 Å². The van der Waals surface area contributed by atoms with Crippen LogP contribution in [0.1, 0.15) is 13.8 Å². The molecule has 4 nitrogen and oxygen atoms in total. The Morgan fingerprint density at radius 3 is 2.35 bits per heavy atom. The highest BCUT2D eigenvalue weighted by molar-refractivity contribution is 5.85. The summed E-state index contributed by atoms with van der Waals surface area (Å²) in [5.74, 6) is 0.843. The first-order valence-corrected chi connectivity index (χ1v) is 5.41. The summed E-state index contributed by atoms with van der Waals surface area (Å²) in [6.45, 7) is 4.79. The van der Waals surface area contributed by atoms with E-state index in [2.05, 4.69) is 5.32 Å². The number of aromatic hydroxyl groups is 1. The predicted molar refractivity (Wildman–Crippen MR) is 70.0 cm³/mol. The van der Waals surface area contributed by atoms with Gasteiger partial charge in [0.15, 0.2) is 0 Å². The summed E-state index contributed by atoms with van der Waals surface area (Å²) in [5, 5.41) is 21.8. The van der Waals surface area contributed by atoms with Crippen molar-refractivity contribution in [2.24, 2.45) is 0 Å². The smallest absolute Gasteiger partial charge is 0.119 e. The van der Waals surface area contributed by atoms with Crippen LogP contribution in [0.4, 0.5) is 0 Å². The molecule has 1 aromatic carbocycles. The number of hydrogen-bond donors (Lipinski definition) is 3.